The van der Waals surface area contributed by atoms with Crippen LogP contribution < -0.4 is 10.2 Å². The molecular formula is C16H26N2. The van der Waals surface area contributed by atoms with E-state index >= 15 is 0 Å². The van der Waals surface area contributed by atoms with E-state index in [4.69, 9.17) is 0 Å². The highest BCUT2D eigenvalue weighted by molar-refractivity contribution is 5.57. The monoisotopic (exact) mass is 246 g/mol. The van der Waals surface area contributed by atoms with Gasteiger partial charge in [-0.2, -0.15) is 0 Å². The molecule has 0 saturated carbocycles. The fourth-order valence-electron chi connectivity index (χ4n) is 2.73. The van der Waals surface area contributed by atoms with Crippen LogP contribution in [0.1, 0.15) is 40.2 Å². The van der Waals surface area contributed by atoms with Crippen molar-refractivity contribution in [2.45, 2.75) is 45.6 Å². The Morgan fingerprint density at radius 2 is 1.83 bits per heavy atom. The van der Waals surface area contributed by atoms with Crippen molar-refractivity contribution in [3.8, 4) is 0 Å². The van der Waals surface area contributed by atoms with Crippen LogP contribution in [0.2, 0.25) is 0 Å². The van der Waals surface area contributed by atoms with Crippen LogP contribution in [-0.4, -0.2) is 25.2 Å². The Hall–Kier alpha value is -1.02. The second-order valence-electron chi connectivity index (χ2n) is 7.00. The molecule has 2 heteroatoms. The Kier molecular flexibility index (Phi) is 3.41. The van der Waals surface area contributed by atoms with Crippen molar-refractivity contribution in [2.75, 3.05) is 24.5 Å². The molecule has 1 aliphatic heterocycles. The number of nitrogens with zero attached hydrogens (tertiary/aromatic N) is 1. The minimum absolute atomic E-state index is 0.198. The van der Waals surface area contributed by atoms with Crippen molar-refractivity contribution < 1.29 is 0 Å². The average molecular weight is 246 g/mol. The summed E-state index contributed by atoms with van der Waals surface area (Å²) in [6.45, 7) is 14.7. The van der Waals surface area contributed by atoms with Crippen molar-refractivity contribution in [3.05, 3.63) is 29.8 Å². The zero-order valence-corrected chi connectivity index (χ0v) is 12.4. The van der Waals surface area contributed by atoms with Crippen LogP contribution in [-0.2, 0) is 5.41 Å². The first-order valence-corrected chi connectivity index (χ1v) is 6.89. The third kappa shape index (κ3) is 2.86. The van der Waals surface area contributed by atoms with E-state index in [0.717, 1.165) is 19.6 Å². The summed E-state index contributed by atoms with van der Waals surface area (Å²) in [5.41, 5.74) is 3.25. The van der Waals surface area contributed by atoms with E-state index in [1.165, 1.54) is 11.3 Å². The van der Waals surface area contributed by atoms with E-state index in [1.807, 2.05) is 0 Å². The predicted molar refractivity (Wildman–Crippen MR) is 79.4 cm³/mol. The van der Waals surface area contributed by atoms with E-state index in [0.29, 0.717) is 0 Å². The molecular weight excluding hydrogens is 220 g/mol. The average Bonchev–Trinajstić information content (AvgIpc) is 2.26. The summed E-state index contributed by atoms with van der Waals surface area (Å²) >= 11 is 0. The second-order valence-corrected chi connectivity index (χ2v) is 7.00. The lowest BCUT2D eigenvalue weighted by atomic mass is 9.85. The number of anilines is 1. The van der Waals surface area contributed by atoms with Crippen LogP contribution in [0.15, 0.2) is 24.3 Å². The SMILES string of the molecule is CC1(C)CN(c2ccccc2C(C)(C)C)CCN1. The fourth-order valence-corrected chi connectivity index (χ4v) is 2.73. The van der Waals surface area contributed by atoms with Gasteiger partial charge < -0.3 is 10.2 Å². The zero-order valence-electron chi connectivity index (χ0n) is 12.4. The lowest BCUT2D eigenvalue weighted by Gasteiger charge is -2.42. The van der Waals surface area contributed by atoms with Crippen LogP contribution in [0.5, 0.6) is 0 Å². The van der Waals surface area contributed by atoms with Gasteiger partial charge in [0.05, 0.1) is 0 Å². The quantitative estimate of drug-likeness (QED) is 0.819. The molecule has 1 aromatic carbocycles. The Morgan fingerprint density at radius 1 is 1.17 bits per heavy atom. The van der Waals surface area contributed by atoms with E-state index < -0.39 is 0 Å². The summed E-state index contributed by atoms with van der Waals surface area (Å²) in [5, 5.41) is 3.57. The van der Waals surface area contributed by atoms with Crippen LogP contribution in [0.4, 0.5) is 5.69 Å². The molecule has 1 fully saturated rings. The highest BCUT2D eigenvalue weighted by Crippen LogP contribution is 2.32. The van der Waals surface area contributed by atoms with Gasteiger partial charge in [-0.1, -0.05) is 39.0 Å². The number of nitrogens with one attached hydrogen (secondary N) is 1. The molecule has 1 N–H and O–H groups in total. The molecule has 18 heavy (non-hydrogen) atoms. The first kappa shape index (κ1) is 13.4. The van der Waals surface area contributed by atoms with Gasteiger partial charge in [0.15, 0.2) is 0 Å². The van der Waals surface area contributed by atoms with Gasteiger partial charge in [0.1, 0.15) is 0 Å². The highest BCUT2D eigenvalue weighted by atomic mass is 15.2. The molecule has 100 valence electrons. The van der Waals surface area contributed by atoms with Crippen molar-refractivity contribution in [1.29, 1.82) is 0 Å². The summed E-state index contributed by atoms with van der Waals surface area (Å²) < 4.78 is 0. The minimum Gasteiger partial charge on any atom is -0.368 e. The molecule has 2 rings (SSSR count). The summed E-state index contributed by atoms with van der Waals surface area (Å²) in [6, 6.07) is 8.84. The Bertz CT molecular complexity index is 415. The van der Waals surface area contributed by atoms with E-state index in [1.54, 1.807) is 0 Å². The Morgan fingerprint density at radius 3 is 2.44 bits per heavy atom. The molecule has 0 atom stereocenters. The lowest BCUT2D eigenvalue weighted by Crippen LogP contribution is -2.57. The number of hydrogen-bond acceptors (Lipinski definition) is 2. The first-order chi connectivity index (χ1) is 8.30. The number of benzene rings is 1. The molecule has 2 nitrogen and oxygen atoms in total. The van der Waals surface area contributed by atoms with Gasteiger partial charge in [-0.15, -0.1) is 0 Å². The van der Waals surface area contributed by atoms with Gasteiger partial charge in [0, 0.05) is 30.9 Å². The maximum atomic E-state index is 3.57. The number of hydrogen-bond donors (Lipinski definition) is 1. The smallest absolute Gasteiger partial charge is 0.0405 e. The van der Waals surface area contributed by atoms with Crippen LogP contribution in [0.25, 0.3) is 0 Å². The highest BCUT2D eigenvalue weighted by Gasteiger charge is 2.28. The molecule has 0 aliphatic carbocycles. The van der Waals surface area contributed by atoms with Gasteiger partial charge >= 0.3 is 0 Å². The summed E-state index contributed by atoms with van der Waals surface area (Å²) in [4.78, 5) is 2.52. The number of rotatable bonds is 1. The maximum absolute atomic E-state index is 3.57. The Balaban J connectivity index is 2.33. The summed E-state index contributed by atoms with van der Waals surface area (Å²) in [5.74, 6) is 0. The van der Waals surface area contributed by atoms with Gasteiger partial charge in [-0.05, 0) is 30.9 Å². The number of para-hydroxylation sites is 1. The molecule has 0 radical (unpaired) electrons. The van der Waals surface area contributed by atoms with Gasteiger partial charge in [-0.3, -0.25) is 0 Å². The first-order valence-electron chi connectivity index (χ1n) is 6.89. The van der Waals surface area contributed by atoms with Crippen LogP contribution in [0.3, 0.4) is 0 Å². The van der Waals surface area contributed by atoms with Crippen molar-refractivity contribution in [1.82, 2.24) is 5.32 Å². The van der Waals surface area contributed by atoms with Crippen LogP contribution in [0, 0.1) is 0 Å². The third-order valence-corrected chi connectivity index (χ3v) is 3.62. The molecule has 0 spiro atoms. The molecule has 0 aromatic heterocycles. The Labute approximate surface area is 111 Å². The van der Waals surface area contributed by atoms with Gasteiger partial charge in [-0.25, -0.2) is 0 Å². The van der Waals surface area contributed by atoms with Crippen molar-refractivity contribution in [2.24, 2.45) is 0 Å². The summed E-state index contributed by atoms with van der Waals surface area (Å²) in [6.07, 6.45) is 0. The molecule has 0 amide bonds. The normalized spacial score (nSPS) is 19.9. The number of piperazine rings is 1. The molecule has 1 aromatic rings. The van der Waals surface area contributed by atoms with Crippen molar-refractivity contribution in [3.63, 3.8) is 0 Å². The fraction of sp³-hybridized carbons (Fsp3) is 0.625. The van der Waals surface area contributed by atoms with Crippen molar-refractivity contribution >= 4 is 5.69 Å². The van der Waals surface area contributed by atoms with E-state index in [-0.39, 0.29) is 11.0 Å². The third-order valence-electron chi connectivity index (χ3n) is 3.62. The largest absolute Gasteiger partial charge is 0.368 e. The standard InChI is InChI=1S/C16H26N2/c1-15(2,3)13-8-6-7-9-14(13)18-11-10-17-16(4,5)12-18/h6-9,17H,10-12H2,1-5H3. The minimum atomic E-state index is 0.198. The predicted octanol–water partition coefficient (Wildman–Crippen LogP) is 3.17. The van der Waals surface area contributed by atoms with Gasteiger partial charge in [0.25, 0.3) is 0 Å². The topological polar surface area (TPSA) is 15.3 Å². The molecule has 1 heterocycles. The molecule has 0 unspecified atom stereocenters. The summed E-state index contributed by atoms with van der Waals surface area (Å²) in [7, 11) is 0. The van der Waals surface area contributed by atoms with E-state index in [2.05, 4.69) is 69.1 Å². The zero-order chi connectivity index (χ0) is 13.4. The van der Waals surface area contributed by atoms with Crippen LogP contribution >= 0.6 is 0 Å². The van der Waals surface area contributed by atoms with Gasteiger partial charge in [0.2, 0.25) is 0 Å². The molecule has 0 bridgehead atoms. The second kappa shape index (κ2) is 4.58. The van der Waals surface area contributed by atoms with E-state index in [9.17, 15) is 0 Å². The molecule has 1 aliphatic rings. The lowest BCUT2D eigenvalue weighted by molar-refractivity contribution is 0.352. The maximum Gasteiger partial charge on any atom is 0.0405 e. The molecule has 1 saturated heterocycles.